The van der Waals surface area contributed by atoms with Crippen molar-refractivity contribution in [3.05, 3.63) is 23.8 Å². The largest absolute Gasteiger partial charge is 0.468 e. The minimum Gasteiger partial charge on any atom is -0.468 e. The lowest BCUT2D eigenvalue weighted by atomic mass is 9.80. The number of rotatable bonds is 2. The molecule has 0 radical (unpaired) electrons. The van der Waals surface area contributed by atoms with Crippen molar-refractivity contribution in [3.63, 3.8) is 0 Å². The van der Waals surface area contributed by atoms with Gasteiger partial charge in [-0.3, -0.25) is 4.79 Å². The Balaban J connectivity index is 2.82. The summed E-state index contributed by atoms with van der Waals surface area (Å²) in [5.74, 6) is -0.329. The summed E-state index contributed by atoms with van der Waals surface area (Å²) in [5, 5.41) is 0. The number of hydrogen-bond acceptors (Lipinski definition) is 3. The normalized spacial score (nSPS) is 26.6. The Morgan fingerprint density at radius 1 is 1.71 bits per heavy atom. The summed E-state index contributed by atoms with van der Waals surface area (Å²) in [6, 6.07) is 0. The van der Waals surface area contributed by atoms with E-state index in [-0.39, 0.29) is 5.97 Å². The van der Waals surface area contributed by atoms with E-state index < -0.39 is 5.54 Å². The standard InChI is InChI=1S/C11H17NO2/c1-8(2)9-5-4-6-11(12,7-9)10(13)14-3/h5H,1,4,6-7,12H2,2-3H3. The van der Waals surface area contributed by atoms with Gasteiger partial charge in [-0.2, -0.15) is 0 Å². The second-order valence-corrected chi connectivity index (χ2v) is 3.87. The highest BCUT2D eigenvalue weighted by Crippen LogP contribution is 2.30. The molecule has 1 atom stereocenters. The number of nitrogens with two attached hydrogens (primary N) is 1. The molecule has 0 aromatic carbocycles. The summed E-state index contributed by atoms with van der Waals surface area (Å²) in [5.41, 5.74) is 7.18. The van der Waals surface area contributed by atoms with Crippen molar-refractivity contribution in [2.45, 2.75) is 31.7 Å². The number of carbonyl (C=O) groups excluding carboxylic acids is 1. The first-order chi connectivity index (χ1) is 6.49. The van der Waals surface area contributed by atoms with Crippen LogP contribution in [-0.4, -0.2) is 18.6 Å². The molecule has 1 aliphatic carbocycles. The fraction of sp³-hybridized carbons (Fsp3) is 0.545. The van der Waals surface area contributed by atoms with E-state index in [0.717, 1.165) is 17.6 Å². The molecule has 0 amide bonds. The first-order valence-corrected chi connectivity index (χ1v) is 4.72. The van der Waals surface area contributed by atoms with Gasteiger partial charge in [0, 0.05) is 6.42 Å². The summed E-state index contributed by atoms with van der Waals surface area (Å²) in [6.07, 6.45) is 4.09. The van der Waals surface area contributed by atoms with Crippen LogP contribution in [-0.2, 0) is 9.53 Å². The predicted molar refractivity (Wildman–Crippen MR) is 55.7 cm³/mol. The van der Waals surface area contributed by atoms with E-state index in [1.54, 1.807) is 0 Å². The molecule has 1 aliphatic rings. The van der Waals surface area contributed by atoms with Crippen LogP contribution in [0.1, 0.15) is 26.2 Å². The van der Waals surface area contributed by atoms with Crippen LogP contribution < -0.4 is 5.73 Å². The van der Waals surface area contributed by atoms with E-state index >= 15 is 0 Å². The third-order valence-corrected chi connectivity index (χ3v) is 2.63. The molecule has 0 bridgehead atoms. The highest BCUT2D eigenvalue weighted by atomic mass is 16.5. The maximum atomic E-state index is 11.5. The Hall–Kier alpha value is -1.09. The molecule has 0 aliphatic heterocycles. The van der Waals surface area contributed by atoms with E-state index in [4.69, 9.17) is 10.5 Å². The molecule has 0 heterocycles. The van der Waals surface area contributed by atoms with Crippen LogP contribution in [0.5, 0.6) is 0 Å². The van der Waals surface area contributed by atoms with Gasteiger partial charge in [0.05, 0.1) is 7.11 Å². The van der Waals surface area contributed by atoms with Crippen LogP contribution in [0, 0.1) is 0 Å². The summed E-state index contributed by atoms with van der Waals surface area (Å²) < 4.78 is 4.70. The van der Waals surface area contributed by atoms with Crippen LogP contribution >= 0.6 is 0 Å². The van der Waals surface area contributed by atoms with Gasteiger partial charge in [0.2, 0.25) is 0 Å². The van der Waals surface area contributed by atoms with Gasteiger partial charge >= 0.3 is 5.97 Å². The maximum absolute atomic E-state index is 11.5. The number of methoxy groups -OCH3 is 1. The molecular weight excluding hydrogens is 178 g/mol. The van der Waals surface area contributed by atoms with Gasteiger partial charge in [-0.25, -0.2) is 0 Å². The Labute approximate surface area is 84.6 Å². The quantitative estimate of drug-likeness (QED) is 0.680. The van der Waals surface area contributed by atoms with Gasteiger partial charge in [0.1, 0.15) is 5.54 Å². The highest BCUT2D eigenvalue weighted by molar-refractivity contribution is 5.81. The number of ether oxygens (including phenoxy) is 1. The summed E-state index contributed by atoms with van der Waals surface area (Å²) in [6.45, 7) is 5.78. The van der Waals surface area contributed by atoms with Gasteiger partial charge in [0.25, 0.3) is 0 Å². The molecule has 0 aromatic heterocycles. The minimum atomic E-state index is -0.849. The zero-order valence-corrected chi connectivity index (χ0v) is 8.80. The SMILES string of the molecule is C=C(C)C1=CCCC(N)(C(=O)OC)C1. The van der Waals surface area contributed by atoms with E-state index in [0.29, 0.717) is 12.8 Å². The lowest BCUT2D eigenvalue weighted by Crippen LogP contribution is -2.50. The minimum absolute atomic E-state index is 0.329. The maximum Gasteiger partial charge on any atom is 0.326 e. The second kappa shape index (κ2) is 3.96. The van der Waals surface area contributed by atoms with Crippen LogP contribution in [0.25, 0.3) is 0 Å². The molecule has 14 heavy (non-hydrogen) atoms. The second-order valence-electron chi connectivity index (χ2n) is 3.87. The van der Waals surface area contributed by atoms with Crippen molar-refractivity contribution in [1.29, 1.82) is 0 Å². The first-order valence-electron chi connectivity index (χ1n) is 4.72. The molecule has 2 N–H and O–H groups in total. The summed E-state index contributed by atoms with van der Waals surface area (Å²) in [7, 11) is 1.37. The van der Waals surface area contributed by atoms with E-state index in [1.807, 2.05) is 6.92 Å². The number of hydrogen-bond donors (Lipinski definition) is 1. The lowest BCUT2D eigenvalue weighted by Gasteiger charge is -2.30. The molecule has 78 valence electrons. The molecule has 0 saturated carbocycles. The zero-order valence-electron chi connectivity index (χ0n) is 8.80. The highest BCUT2D eigenvalue weighted by Gasteiger charge is 2.37. The summed E-state index contributed by atoms with van der Waals surface area (Å²) in [4.78, 5) is 11.5. The van der Waals surface area contributed by atoms with Crippen molar-refractivity contribution < 1.29 is 9.53 Å². The Bertz CT molecular complexity index is 294. The van der Waals surface area contributed by atoms with Crippen molar-refractivity contribution in [1.82, 2.24) is 0 Å². The topological polar surface area (TPSA) is 52.3 Å². The first kappa shape index (κ1) is 11.0. The molecule has 1 unspecified atom stereocenters. The van der Waals surface area contributed by atoms with Gasteiger partial charge in [-0.15, -0.1) is 0 Å². The molecule has 3 heteroatoms. The zero-order chi connectivity index (χ0) is 10.8. The van der Waals surface area contributed by atoms with Crippen molar-refractivity contribution in [2.24, 2.45) is 5.73 Å². The summed E-state index contributed by atoms with van der Waals surface area (Å²) >= 11 is 0. The van der Waals surface area contributed by atoms with Gasteiger partial charge in [-0.05, 0) is 25.3 Å². The van der Waals surface area contributed by atoms with Crippen LogP contribution in [0.15, 0.2) is 23.8 Å². The molecule has 0 aromatic rings. The fourth-order valence-corrected chi connectivity index (χ4v) is 1.71. The fourth-order valence-electron chi connectivity index (χ4n) is 1.71. The molecule has 3 nitrogen and oxygen atoms in total. The lowest BCUT2D eigenvalue weighted by molar-refractivity contribution is -0.147. The van der Waals surface area contributed by atoms with E-state index in [2.05, 4.69) is 12.7 Å². The molecule has 0 spiro atoms. The van der Waals surface area contributed by atoms with Crippen molar-refractivity contribution >= 4 is 5.97 Å². The average molecular weight is 195 g/mol. The Morgan fingerprint density at radius 2 is 2.36 bits per heavy atom. The predicted octanol–water partition coefficient (Wildman–Crippen LogP) is 1.54. The van der Waals surface area contributed by atoms with Crippen molar-refractivity contribution in [3.8, 4) is 0 Å². The van der Waals surface area contributed by atoms with E-state index in [9.17, 15) is 4.79 Å². The monoisotopic (exact) mass is 195 g/mol. The number of allylic oxidation sites excluding steroid dienone is 2. The number of carbonyl (C=O) groups is 1. The average Bonchev–Trinajstić information content (AvgIpc) is 2.16. The van der Waals surface area contributed by atoms with Gasteiger partial charge < -0.3 is 10.5 Å². The van der Waals surface area contributed by atoms with Crippen LogP contribution in [0.3, 0.4) is 0 Å². The molecule has 0 fully saturated rings. The van der Waals surface area contributed by atoms with Crippen LogP contribution in [0.2, 0.25) is 0 Å². The smallest absolute Gasteiger partial charge is 0.326 e. The molecule has 1 rings (SSSR count). The Morgan fingerprint density at radius 3 is 2.86 bits per heavy atom. The van der Waals surface area contributed by atoms with Crippen LogP contribution in [0.4, 0.5) is 0 Å². The third kappa shape index (κ3) is 2.04. The molecular formula is C11H17NO2. The number of esters is 1. The van der Waals surface area contributed by atoms with E-state index in [1.165, 1.54) is 7.11 Å². The Kier molecular flexibility index (Phi) is 3.11. The molecule has 0 saturated heterocycles. The third-order valence-electron chi connectivity index (χ3n) is 2.63. The van der Waals surface area contributed by atoms with Gasteiger partial charge in [0.15, 0.2) is 0 Å². The van der Waals surface area contributed by atoms with Crippen molar-refractivity contribution in [2.75, 3.05) is 7.11 Å². The van der Waals surface area contributed by atoms with Gasteiger partial charge in [-0.1, -0.05) is 18.2 Å².